The summed E-state index contributed by atoms with van der Waals surface area (Å²) < 4.78 is 142. The minimum Gasteiger partial charge on any atom is -0.456 e. The SMILES string of the molecule is C.C.[2H]C.[2H]C.[2H]C.[2H]C.[2H]C.[2H][2H].[2H][2H].[2H][2H].[2H][2H].[2H][2H].[2H][2H].[2H][2H].[2H][2H].[2H][2H].[2H][2H].c1ccc(-c2cc(-c3ccc(-c4c5ccccc5c(-c5ccccc5)c5ccccc45)cc3)c3c(c2)oc2ccccc23)cc1.c1ccc(-c2ccc3c(c2)oc2cc(-c4ccccc4)cc(-c4c5ccccc5c(-c5ccccc5)c5ccccc45)c23)cc1. The van der Waals surface area contributed by atoms with Gasteiger partial charge in [-0.25, -0.2) is 0 Å². The molecule has 18 aromatic rings. The molecule has 0 N–H and O–H groups in total. The Morgan fingerprint density at radius 2 is 0.443 bits per heavy atom. The van der Waals surface area contributed by atoms with Crippen molar-refractivity contribution in [2.24, 2.45) is 0 Å². The third-order valence-corrected chi connectivity index (χ3v) is 18.1. The Bertz CT molecular complexity index is 5700. The Morgan fingerprint density at radius 3 is 0.845 bits per heavy atom. The van der Waals surface area contributed by atoms with E-state index in [1.165, 1.54) is 152 Å². The molecule has 2 nitrogen and oxygen atoms in total. The molecule has 0 unspecified atom stereocenters. The van der Waals surface area contributed by atoms with Crippen LogP contribution in [0.2, 0.25) is 0 Å². The Labute approximate surface area is 610 Å². The average Bonchev–Trinajstić information content (AvgIpc) is 1.33. The molecule has 18 rings (SSSR count). The Balaban J connectivity index is 0.00000182. The first-order chi connectivity index (χ1) is 59.7. The molecule has 97 heavy (non-hydrogen) atoms. The second-order valence-electron chi connectivity index (χ2n) is 23.3. The number of rotatable bonds is 8. The van der Waals surface area contributed by atoms with Gasteiger partial charge < -0.3 is 8.83 Å². The highest BCUT2D eigenvalue weighted by Gasteiger charge is 2.23. The normalized spacial score (nSPS) is 11.9. The fraction of sp³-hybridized carbons (Fsp3) is 0.0737. The summed E-state index contributed by atoms with van der Waals surface area (Å²) in [4.78, 5) is 0. The summed E-state index contributed by atoms with van der Waals surface area (Å²) in [6.07, 6.45) is 0. The number of para-hydroxylation sites is 1. The van der Waals surface area contributed by atoms with E-state index in [1.54, 1.807) is 0 Å². The number of benzene rings is 16. The van der Waals surface area contributed by atoms with Crippen LogP contribution in [0.5, 0.6) is 0 Å². The van der Waals surface area contributed by atoms with Crippen LogP contribution in [-0.4, -0.2) is 0 Å². The zero-order valence-corrected chi connectivity index (χ0v) is 54.1. The van der Waals surface area contributed by atoms with Gasteiger partial charge in [0.05, 0.1) is 0 Å². The van der Waals surface area contributed by atoms with E-state index in [1.807, 2.05) is 6.07 Å². The van der Waals surface area contributed by atoms with Crippen molar-refractivity contribution in [1.82, 2.24) is 0 Å². The summed E-state index contributed by atoms with van der Waals surface area (Å²) >= 11 is 0. The van der Waals surface area contributed by atoms with Gasteiger partial charge in [0.1, 0.15) is 22.3 Å². The van der Waals surface area contributed by atoms with E-state index in [9.17, 15) is 0 Å². The molecular formula is C95H104O2. The van der Waals surface area contributed by atoms with Gasteiger partial charge in [-0.1, -0.05) is 349 Å². The van der Waals surface area contributed by atoms with Crippen LogP contribution in [0.3, 0.4) is 0 Å². The molecule has 16 aromatic carbocycles. The lowest BCUT2D eigenvalue weighted by Crippen LogP contribution is -1.92. The van der Waals surface area contributed by atoms with Crippen LogP contribution in [0.4, 0.5) is 0 Å². The van der Waals surface area contributed by atoms with Gasteiger partial charge in [-0.15, -0.1) is 0 Å². The fourth-order valence-electron chi connectivity index (χ4n) is 14.1. The van der Waals surface area contributed by atoms with E-state index < -0.39 is 0 Å². The van der Waals surface area contributed by atoms with Crippen molar-refractivity contribution < 1.29 is 45.4 Å². The minimum atomic E-state index is 0. The lowest BCUT2D eigenvalue weighted by molar-refractivity contribution is 0.669. The average molecular weight is 1300 g/mol. The highest BCUT2D eigenvalue weighted by molar-refractivity contribution is 6.27. The maximum atomic E-state index is 6.76. The number of hydrogen-bond acceptors (Lipinski definition) is 2. The largest absolute Gasteiger partial charge is 0.456 e. The molecule has 0 aliphatic carbocycles. The van der Waals surface area contributed by atoms with Crippen molar-refractivity contribution >= 4 is 87.0 Å². The third-order valence-electron chi connectivity index (χ3n) is 18.1. The molecule has 0 radical (unpaired) electrons. The van der Waals surface area contributed by atoms with E-state index in [-0.39, 0.29) is 14.9 Å². The fourth-order valence-corrected chi connectivity index (χ4v) is 14.1. The predicted molar refractivity (Wildman–Crippen MR) is 449 cm³/mol. The summed E-state index contributed by atoms with van der Waals surface area (Å²) in [5, 5.41) is 14.6. The number of fused-ring (bicyclic) bond motifs is 10. The predicted octanol–water partition coefficient (Wildman–Crippen LogP) is 32.0. The van der Waals surface area contributed by atoms with Crippen LogP contribution in [0.15, 0.2) is 349 Å². The molecule has 0 saturated heterocycles. The molecule has 0 spiro atoms. The first-order valence-electron chi connectivity index (χ1n) is 45.9. The van der Waals surface area contributed by atoms with Gasteiger partial charge in [0, 0.05) is 58.1 Å². The third kappa shape index (κ3) is 11.9. The lowest BCUT2D eigenvalue weighted by atomic mass is 9.84. The molecule has 0 bridgehead atoms. The molecule has 0 fully saturated rings. The van der Waals surface area contributed by atoms with Crippen LogP contribution in [0, 0.1) is 0 Å². The van der Waals surface area contributed by atoms with Crippen molar-refractivity contribution in [2.75, 3.05) is 0 Å². The van der Waals surface area contributed by atoms with Crippen molar-refractivity contribution in [3.05, 3.63) is 340 Å². The second kappa shape index (κ2) is 28.8. The van der Waals surface area contributed by atoms with Gasteiger partial charge in [-0.2, -0.15) is 0 Å². The van der Waals surface area contributed by atoms with Gasteiger partial charge in [0.2, 0.25) is 0 Å². The van der Waals surface area contributed by atoms with Crippen LogP contribution in [0.1, 0.15) is 88.4 Å². The van der Waals surface area contributed by atoms with Gasteiger partial charge in [0.25, 0.3) is 0 Å². The molecule has 496 valence electrons. The molecule has 0 amide bonds. The van der Waals surface area contributed by atoms with Gasteiger partial charge >= 0.3 is 0 Å². The molecule has 2 heterocycles. The second-order valence-corrected chi connectivity index (χ2v) is 23.3. The van der Waals surface area contributed by atoms with Crippen molar-refractivity contribution in [3.63, 3.8) is 0 Å². The van der Waals surface area contributed by atoms with Crippen LogP contribution in [-0.2, 0) is 0 Å². The Hall–Kier alpha value is -11.8. The van der Waals surface area contributed by atoms with E-state index in [2.05, 4.69) is 334 Å². The van der Waals surface area contributed by atoms with Crippen LogP contribution >= 0.6 is 0 Å². The van der Waals surface area contributed by atoms with Crippen molar-refractivity contribution in [3.8, 4) is 89.0 Å². The summed E-state index contributed by atoms with van der Waals surface area (Å²) in [5.74, 6) is 0. The Morgan fingerprint density at radius 1 is 0.186 bits per heavy atom. The molecule has 2 heteroatoms. The van der Waals surface area contributed by atoms with E-state index in [4.69, 9.17) is 45.4 Å². The zero-order valence-electron chi connectivity index (χ0n) is 79.1. The smallest absolute Gasteiger partial charge is 0.136 e. The van der Waals surface area contributed by atoms with Gasteiger partial charge in [0.15, 0.2) is 0 Å². The molecule has 0 saturated carbocycles. The standard InChI is InChI=1S/2C44H28O.7CH4.10H2/c1-4-14-29(15-5-1)32-24-25-38-40(27-32)45-41-28-33(30-16-6-2-7-17-30)26-39(44(38)41)43-36-22-12-10-20-34(36)42(31-18-8-3-9-19-31)35-21-11-13-23-37(35)43;1-3-13-29(14-4-1)33-27-39(44-38-21-11-12-22-40(38)45-41(44)28-33)30-23-25-32(26-24-30)43-36-19-9-7-17-34(36)42(31-15-5-2-6-16-31)35-18-8-10-20-37(35)43;;;;;;;;;;;;;;;;;/h2*1-28H;7*1H4;10*1H/i;;5*1D;;;10*1+1D. The molecule has 2 aromatic heterocycles. The molecule has 0 aliphatic rings. The highest BCUT2D eigenvalue weighted by Crippen LogP contribution is 2.50. The van der Waals surface area contributed by atoms with Crippen molar-refractivity contribution in [2.45, 2.75) is 51.9 Å². The molecule has 0 atom stereocenters. The van der Waals surface area contributed by atoms with E-state index in [0.717, 1.165) is 60.6 Å². The van der Waals surface area contributed by atoms with Gasteiger partial charge in [-0.3, -0.25) is 0 Å². The summed E-state index contributed by atoms with van der Waals surface area (Å²) in [5.41, 5.74) is 22.8. The topological polar surface area (TPSA) is 26.3 Å². The Kier molecular flexibility index (Phi) is 15.0. The molecule has 0 aliphatic heterocycles. The summed E-state index contributed by atoms with van der Waals surface area (Å²) in [6.45, 7) is 0. The zero-order chi connectivity index (χ0) is 89.5. The van der Waals surface area contributed by atoms with E-state index >= 15 is 0 Å². The van der Waals surface area contributed by atoms with Crippen molar-refractivity contribution in [1.29, 1.82) is 0 Å². The molecular weight excluding hydrogens is 1170 g/mol. The van der Waals surface area contributed by atoms with E-state index in [0.29, 0.717) is 0 Å². The lowest BCUT2D eigenvalue weighted by Gasteiger charge is -2.19. The van der Waals surface area contributed by atoms with Crippen LogP contribution < -0.4 is 0 Å². The monoisotopic (exact) mass is 1300 g/mol. The summed E-state index contributed by atoms with van der Waals surface area (Å²) in [7, 11) is 6.25. The highest BCUT2D eigenvalue weighted by atomic mass is 16.3. The number of furan rings is 2. The van der Waals surface area contributed by atoms with Gasteiger partial charge in [-0.05, 0) is 175 Å². The quantitative estimate of drug-likeness (QED) is 0.142. The summed E-state index contributed by atoms with van der Waals surface area (Å²) in [6, 6.07) is 122. The minimum absolute atomic E-state index is 0. The number of hydrogen-bond donors (Lipinski definition) is 0. The maximum absolute atomic E-state index is 6.76. The van der Waals surface area contributed by atoms with Crippen LogP contribution in [0.25, 0.3) is 176 Å². The maximum Gasteiger partial charge on any atom is 0.136 e. The first kappa shape index (κ1) is 50.6. The first-order valence-corrected chi connectivity index (χ1v) is 30.9.